The Labute approximate surface area is 99.0 Å². The lowest BCUT2D eigenvalue weighted by Crippen LogP contribution is -1.98. The SMILES string of the molecule is CCCCCCCCCn1cc(CN)cn1. The molecule has 0 aliphatic heterocycles. The smallest absolute Gasteiger partial charge is 0.0534 e. The second-order valence-electron chi connectivity index (χ2n) is 4.44. The number of nitrogens with two attached hydrogens (primary N) is 1. The lowest BCUT2D eigenvalue weighted by atomic mass is 10.1. The Kier molecular flexibility index (Phi) is 6.90. The summed E-state index contributed by atoms with van der Waals surface area (Å²) < 4.78 is 2.01. The maximum atomic E-state index is 5.53. The first-order valence-corrected chi connectivity index (χ1v) is 6.58. The fraction of sp³-hybridized carbons (Fsp3) is 0.769. The number of nitrogens with zero attached hydrogens (tertiary/aromatic N) is 2. The minimum atomic E-state index is 0.594. The van der Waals surface area contributed by atoms with Gasteiger partial charge in [-0.25, -0.2) is 0 Å². The molecule has 1 aromatic rings. The van der Waals surface area contributed by atoms with Gasteiger partial charge in [0, 0.05) is 24.8 Å². The van der Waals surface area contributed by atoms with Crippen LogP contribution in [0.3, 0.4) is 0 Å². The van der Waals surface area contributed by atoms with Crippen LogP contribution in [0.15, 0.2) is 12.4 Å². The van der Waals surface area contributed by atoms with Crippen LogP contribution in [0.4, 0.5) is 0 Å². The van der Waals surface area contributed by atoms with Crippen LogP contribution >= 0.6 is 0 Å². The van der Waals surface area contributed by atoms with E-state index in [1.165, 1.54) is 44.9 Å². The second kappa shape index (κ2) is 8.34. The summed E-state index contributed by atoms with van der Waals surface area (Å²) >= 11 is 0. The van der Waals surface area contributed by atoms with Crippen LogP contribution in [0.2, 0.25) is 0 Å². The summed E-state index contributed by atoms with van der Waals surface area (Å²) in [4.78, 5) is 0. The van der Waals surface area contributed by atoms with Crippen LogP contribution in [-0.4, -0.2) is 9.78 Å². The number of rotatable bonds is 9. The summed E-state index contributed by atoms with van der Waals surface area (Å²) in [6.07, 6.45) is 13.3. The van der Waals surface area contributed by atoms with Crippen LogP contribution in [0, 0.1) is 0 Å². The first kappa shape index (κ1) is 13.2. The molecule has 1 rings (SSSR count). The number of aryl methyl sites for hydroxylation is 1. The van der Waals surface area contributed by atoms with Crippen molar-refractivity contribution in [3.63, 3.8) is 0 Å². The highest BCUT2D eigenvalue weighted by Gasteiger charge is 1.96. The highest BCUT2D eigenvalue weighted by Crippen LogP contribution is 2.07. The van der Waals surface area contributed by atoms with Gasteiger partial charge in [-0.15, -0.1) is 0 Å². The number of aromatic nitrogens is 2. The summed E-state index contributed by atoms with van der Waals surface area (Å²) in [5, 5.41) is 4.27. The van der Waals surface area contributed by atoms with E-state index in [1.807, 2.05) is 10.9 Å². The Morgan fingerprint density at radius 3 is 2.44 bits per heavy atom. The van der Waals surface area contributed by atoms with Gasteiger partial charge in [0.2, 0.25) is 0 Å². The van der Waals surface area contributed by atoms with E-state index in [1.54, 1.807) is 0 Å². The zero-order chi connectivity index (χ0) is 11.6. The van der Waals surface area contributed by atoms with Crippen molar-refractivity contribution in [2.24, 2.45) is 5.73 Å². The van der Waals surface area contributed by atoms with Gasteiger partial charge in [-0.3, -0.25) is 4.68 Å². The van der Waals surface area contributed by atoms with Crippen LogP contribution in [0.25, 0.3) is 0 Å². The minimum Gasteiger partial charge on any atom is -0.326 e. The van der Waals surface area contributed by atoms with Crippen molar-refractivity contribution in [2.75, 3.05) is 0 Å². The molecule has 0 unspecified atom stereocenters. The molecule has 1 aromatic heterocycles. The molecule has 3 nitrogen and oxygen atoms in total. The Balaban J connectivity index is 1.98. The van der Waals surface area contributed by atoms with Crippen LogP contribution in [0.1, 0.15) is 57.4 Å². The molecule has 2 N–H and O–H groups in total. The maximum absolute atomic E-state index is 5.53. The average molecular weight is 223 g/mol. The molecule has 0 spiro atoms. The molecule has 0 aliphatic carbocycles. The number of unbranched alkanes of at least 4 members (excludes halogenated alkanes) is 6. The van der Waals surface area contributed by atoms with E-state index in [0.717, 1.165) is 12.1 Å². The van der Waals surface area contributed by atoms with E-state index in [4.69, 9.17) is 5.73 Å². The molecule has 3 heteroatoms. The molecule has 92 valence electrons. The third-order valence-corrected chi connectivity index (χ3v) is 2.91. The number of hydrogen-bond acceptors (Lipinski definition) is 2. The van der Waals surface area contributed by atoms with E-state index >= 15 is 0 Å². The van der Waals surface area contributed by atoms with E-state index in [-0.39, 0.29) is 0 Å². The quantitative estimate of drug-likeness (QED) is 0.654. The highest BCUT2D eigenvalue weighted by atomic mass is 15.3. The van der Waals surface area contributed by atoms with Gasteiger partial charge in [-0.1, -0.05) is 45.4 Å². The topological polar surface area (TPSA) is 43.8 Å². The standard InChI is InChI=1S/C13H25N3/c1-2-3-4-5-6-7-8-9-16-12-13(10-14)11-15-16/h11-12H,2-10,14H2,1H3. The molecule has 16 heavy (non-hydrogen) atoms. The largest absolute Gasteiger partial charge is 0.326 e. The van der Waals surface area contributed by atoms with Gasteiger partial charge in [0.15, 0.2) is 0 Å². The van der Waals surface area contributed by atoms with E-state index in [0.29, 0.717) is 6.54 Å². The summed E-state index contributed by atoms with van der Waals surface area (Å²) in [6.45, 7) is 3.89. The molecule has 0 aliphatic rings. The lowest BCUT2D eigenvalue weighted by molar-refractivity contribution is 0.523. The Morgan fingerprint density at radius 2 is 1.81 bits per heavy atom. The van der Waals surface area contributed by atoms with Crippen molar-refractivity contribution in [1.29, 1.82) is 0 Å². The Hall–Kier alpha value is -0.830. The molecule has 0 amide bonds. The first-order chi connectivity index (χ1) is 7.86. The molecule has 0 saturated heterocycles. The molecular formula is C13H25N3. The maximum Gasteiger partial charge on any atom is 0.0534 e. The molecule has 1 heterocycles. The summed E-state index contributed by atoms with van der Waals surface area (Å²) in [7, 11) is 0. The lowest BCUT2D eigenvalue weighted by Gasteiger charge is -2.02. The monoisotopic (exact) mass is 223 g/mol. The van der Waals surface area contributed by atoms with Crippen molar-refractivity contribution < 1.29 is 0 Å². The van der Waals surface area contributed by atoms with Crippen LogP contribution in [-0.2, 0) is 13.1 Å². The van der Waals surface area contributed by atoms with Crippen molar-refractivity contribution in [3.8, 4) is 0 Å². The van der Waals surface area contributed by atoms with Gasteiger partial charge < -0.3 is 5.73 Å². The fourth-order valence-electron chi connectivity index (χ4n) is 1.86. The molecule has 0 aromatic carbocycles. The second-order valence-corrected chi connectivity index (χ2v) is 4.44. The van der Waals surface area contributed by atoms with Crippen molar-refractivity contribution in [1.82, 2.24) is 9.78 Å². The van der Waals surface area contributed by atoms with E-state index < -0.39 is 0 Å². The Bertz CT molecular complexity index is 268. The summed E-state index contributed by atoms with van der Waals surface area (Å²) in [5.74, 6) is 0. The zero-order valence-electron chi connectivity index (χ0n) is 10.5. The van der Waals surface area contributed by atoms with Gasteiger partial charge in [-0.2, -0.15) is 5.10 Å². The van der Waals surface area contributed by atoms with Gasteiger partial charge in [0.05, 0.1) is 6.20 Å². The first-order valence-electron chi connectivity index (χ1n) is 6.58. The molecule has 0 bridgehead atoms. The Morgan fingerprint density at radius 1 is 1.12 bits per heavy atom. The third kappa shape index (κ3) is 5.31. The normalized spacial score (nSPS) is 10.9. The van der Waals surface area contributed by atoms with Crippen molar-refractivity contribution >= 4 is 0 Å². The van der Waals surface area contributed by atoms with Crippen molar-refractivity contribution in [3.05, 3.63) is 18.0 Å². The van der Waals surface area contributed by atoms with Gasteiger partial charge in [0.1, 0.15) is 0 Å². The third-order valence-electron chi connectivity index (χ3n) is 2.91. The van der Waals surface area contributed by atoms with Gasteiger partial charge in [0.25, 0.3) is 0 Å². The summed E-state index contributed by atoms with van der Waals surface area (Å²) in [5.41, 5.74) is 6.66. The average Bonchev–Trinajstić information content (AvgIpc) is 2.76. The molecule has 0 saturated carbocycles. The summed E-state index contributed by atoms with van der Waals surface area (Å²) in [6, 6.07) is 0. The van der Waals surface area contributed by atoms with Gasteiger partial charge in [-0.05, 0) is 6.42 Å². The predicted molar refractivity (Wildman–Crippen MR) is 68.1 cm³/mol. The molecular weight excluding hydrogens is 198 g/mol. The zero-order valence-corrected chi connectivity index (χ0v) is 10.5. The molecule has 0 atom stereocenters. The number of hydrogen-bond donors (Lipinski definition) is 1. The van der Waals surface area contributed by atoms with E-state index in [9.17, 15) is 0 Å². The van der Waals surface area contributed by atoms with Crippen LogP contribution in [0.5, 0.6) is 0 Å². The molecule has 0 fully saturated rings. The predicted octanol–water partition coefficient (Wildman–Crippen LogP) is 3.09. The fourth-order valence-corrected chi connectivity index (χ4v) is 1.86. The molecule has 0 radical (unpaired) electrons. The van der Waals surface area contributed by atoms with Gasteiger partial charge >= 0.3 is 0 Å². The van der Waals surface area contributed by atoms with E-state index in [2.05, 4.69) is 18.2 Å². The van der Waals surface area contributed by atoms with Crippen LogP contribution < -0.4 is 5.73 Å². The van der Waals surface area contributed by atoms with Crippen molar-refractivity contribution in [2.45, 2.75) is 65.0 Å². The highest BCUT2D eigenvalue weighted by molar-refractivity contribution is 5.02. The minimum absolute atomic E-state index is 0.594.